The number of hydrogen-bond donors (Lipinski definition) is 0. The molecule has 0 saturated heterocycles. The first kappa shape index (κ1) is 28.5. The lowest BCUT2D eigenvalue weighted by atomic mass is 10.3. The summed E-state index contributed by atoms with van der Waals surface area (Å²) in [4.78, 5) is 0. The summed E-state index contributed by atoms with van der Waals surface area (Å²) in [7, 11) is -0.496. The second-order valence-electron chi connectivity index (χ2n) is 9.99. The average Bonchev–Trinajstić information content (AvgIpc) is 2.65. The monoisotopic (exact) mass is 484 g/mol. The fourth-order valence-electron chi connectivity index (χ4n) is 3.82. The van der Waals surface area contributed by atoms with Crippen LogP contribution in [0.4, 0.5) is 0 Å². The molecule has 0 amide bonds. The van der Waals surface area contributed by atoms with Crippen LogP contribution in [-0.2, 0) is 0 Å². The fourth-order valence-corrected chi connectivity index (χ4v) is 22.3. The molecular formula is C22H52Si6. The summed E-state index contributed by atoms with van der Waals surface area (Å²) < 4.78 is 0. The zero-order valence-corrected chi connectivity index (χ0v) is 27.9. The minimum atomic E-state index is -0.567. The highest BCUT2D eigenvalue weighted by molar-refractivity contribution is 6.84. The molecule has 0 radical (unpaired) electrons. The van der Waals surface area contributed by atoms with Crippen molar-refractivity contribution in [1.29, 1.82) is 0 Å². The molecule has 6 heteroatoms. The first-order valence-corrected chi connectivity index (χ1v) is 28.0. The molecule has 0 spiro atoms. The van der Waals surface area contributed by atoms with Crippen LogP contribution in [0.25, 0.3) is 0 Å². The summed E-state index contributed by atoms with van der Waals surface area (Å²) in [6.07, 6.45) is 4.74. The van der Waals surface area contributed by atoms with E-state index in [0.717, 1.165) is 0 Å². The van der Waals surface area contributed by atoms with Crippen LogP contribution in [0.1, 0.15) is 26.2 Å². The minimum Gasteiger partial charge on any atom is -0.0724 e. The number of unbranched alkanes of at least 4 members (excludes halogenated alkanes) is 2. The van der Waals surface area contributed by atoms with E-state index in [9.17, 15) is 0 Å². The summed E-state index contributed by atoms with van der Waals surface area (Å²) in [5.41, 5.74) is 5.02. The fraction of sp³-hybridized carbons (Fsp3) is 0.727. The molecule has 164 valence electrons. The molecule has 0 heterocycles. The molecule has 28 heavy (non-hydrogen) atoms. The Bertz CT molecular complexity index is 422. The van der Waals surface area contributed by atoms with Crippen LogP contribution in [0.2, 0.25) is 74.4 Å². The van der Waals surface area contributed by atoms with E-state index in [-0.39, 0.29) is 26.4 Å². The molecule has 0 aliphatic rings. The van der Waals surface area contributed by atoms with Crippen LogP contribution in [0.3, 0.4) is 0 Å². The van der Waals surface area contributed by atoms with Crippen molar-refractivity contribution >= 4 is 59.4 Å². The first-order chi connectivity index (χ1) is 13.4. The van der Waals surface area contributed by atoms with Gasteiger partial charge < -0.3 is 0 Å². The Morgan fingerprint density at radius 3 is 1.57 bits per heavy atom. The average molecular weight is 485 g/mol. The zero-order chi connectivity index (χ0) is 21.2. The summed E-state index contributed by atoms with van der Waals surface area (Å²) in [5.74, 6) is 0. The SMILES string of the molecule is CC[SiH](C[SiH](C)C)c1ccccc1.C[SiH](C)C[SiH2]CCCCC[SiH2]C[SiH](C)C. The quantitative estimate of drug-likeness (QED) is 0.271. The van der Waals surface area contributed by atoms with Crippen LogP contribution in [0, 0.1) is 0 Å². The van der Waals surface area contributed by atoms with Gasteiger partial charge in [-0.2, -0.15) is 0 Å². The highest BCUT2D eigenvalue weighted by Gasteiger charge is 2.12. The second-order valence-corrected chi connectivity index (χ2v) is 30.6. The predicted octanol–water partition coefficient (Wildman–Crippen LogP) is 4.39. The maximum absolute atomic E-state index is 2.51. The molecule has 0 nitrogen and oxygen atoms in total. The first-order valence-electron chi connectivity index (χ1n) is 12.4. The van der Waals surface area contributed by atoms with E-state index < -0.39 is 8.80 Å². The van der Waals surface area contributed by atoms with Gasteiger partial charge in [0.2, 0.25) is 0 Å². The second kappa shape index (κ2) is 19.5. The van der Waals surface area contributed by atoms with Gasteiger partial charge in [0.05, 0.1) is 8.80 Å². The largest absolute Gasteiger partial charge is 0.0724 e. The number of benzene rings is 1. The van der Waals surface area contributed by atoms with E-state index in [1.807, 2.05) is 0 Å². The van der Waals surface area contributed by atoms with Gasteiger partial charge in [0.1, 0.15) is 0 Å². The van der Waals surface area contributed by atoms with E-state index in [2.05, 4.69) is 76.5 Å². The van der Waals surface area contributed by atoms with Gasteiger partial charge >= 0.3 is 0 Å². The van der Waals surface area contributed by atoms with Crippen molar-refractivity contribution in [3.05, 3.63) is 30.3 Å². The van der Waals surface area contributed by atoms with Gasteiger partial charge in [-0.3, -0.25) is 0 Å². The van der Waals surface area contributed by atoms with E-state index >= 15 is 0 Å². The Hall–Kier alpha value is 0.521. The summed E-state index contributed by atoms with van der Waals surface area (Å²) >= 11 is 0. The van der Waals surface area contributed by atoms with E-state index in [4.69, 9.17) is 0 Å². The Labute approximate surface area is 189 Å². The highest BCUT2D eigenvalue weighted by atomic mass is 28.3. The molecule has 0 bridgehead atoms. The standard InChI is InChI=1S/C11H32Si4.C11H20Si2/c1-14(2)10-12-8-6-5-7-9-13-11-15(3)4;1-4-13(10-12(2)3)11-8-6-5-7-9-11/h14-15H,5-13H2,1-4H3;5-9,12-13H,4,10H2,1-3H3. The Morgan fingerprint density at radius 2 is 1.18 bits per heavy atom. The lowest BCUT2D eigenvalue weighted by Gasteiger charge is -2.14. The van der Waals surface area contributed by atoms with Crippen molar-refractivity contribution < 1.29 is 0 Å². The van der Waals surface area contributed by atoms with Crippen molar-refractivity contribution in [2.45, 2.75) is 101 Å². The highest BCUT2D eigenvalue weighted by Crippen LogP contribution is 2.06. The van der Waals surface area contributed by atoms with Crippen molar-refractivity contribution in [2.75, 3.05) is 0 Å². The lowest BCUT2D eigenvalue weighted by Crippen LogP contribution is -2.32. The van der Waals surface area contributed by atoms with E-state index in [1.165, 1.54) is 6.04 Å². The zero-order valence-electron chi connectivity index (χ0n) is 20.5. The van der Waals surface area contributed by atoms with Crippen LogP contribution >= 0.6 is 0 Å². The van der Waals surface area contributed by atoms with Gasteiger partial charge in [0, 0.05) is 45.4 Å². The Kier molecular flexibility index (Phi) is 19.8. The van der Waals surface area contributed by atoms with Gasteiger partial charge in [-0.05, 0) is 0 Å². The number of hydrogen-bond acceptors (Lipinski definition) is 0. The maximum atomic E-state index is 2.51. The van der Waals surface area contributed by atoms with Crippen LogP contribution in [0.15, 0.2) is 30.3 Å². The van der Waals surface area contributed by atoms with E-state index in [0.29, 0.717) is 19.0 Å². The number of rotatable bonds is 14. The van der Waals surface area contributed by atoms with Crippen molar-refractivity contribution in [3.63, 3.8) is 0 Å². The van der Waals surface area contributed by atoms with Gasteiger partial charge in [0.15, 0.2) is 0 Å². The third kappa shape index (κ3) is 18.5. The molecule has 1 rings (SSSR count). The molecule has 0 aliphatic heterocycles. The van der Waals surface area contributed by atoms with E-state index in [1.54, 1.807) is 53.5 Å². The summed E-state index contributed by atoms with van der Waals surface area (Å²) in [5, 5.41) is 1.67. The normalized spacial score (nSPS) is 13.2. The molecule has 1 aromatic carbocycles. The summed E-state index contributed by atoms with van der Waals surface area (Å²) in [6, 6.07) is 15.9. The molecule has 0 aromatic heterocycles. The molecule has 0 saturated carbocycles. The smallest absolute Gasteiger partial charge is 0.0677 e. The molecule has 1 atom stereocenters. The predicted molar refractivity (Wildman–Crippen MR) is 155 cm³/mol. The van der Waals surface area contributed by atoms with Gasteiger partial charge in [-0.15, -0.1) is 0 Å². The topological polar surface area (TPSA) is 0 Å². The Balaban J connectivity index is 0.000000525. The Morgan fingerprint density at radius 1 is 0.679 bits per heavy atom. The molecule has 0 fully saturated rings. The van der Waals surface area contributed by atoms with Gasteiger partial charge in [-0.1, -0.05) is 136 Å². The molecule has 1 aromatic rings. The van der Waals surface area contributed by atoms with Crippen LogP contribution in [0.5, 0.6) is 0 Å². The molecule has 0 aliphatic carbocycles. The lowest BCUT2D eigenvalue weighted by molar-refractivity contribution is 0.765. The van der Waals surface area contributed by atoms with Crippen molar-refractivity contribution in [1.82, 2.24) is 0 Å². The third-order valence-corrected chi connectivity index (χ3v) is 28.4. The molecule has 0 N–H and O–H groups in total. The van der Waals surface area contributed by atoms with Crippen molar-refractivity contribution in [2.24, 2.45) is 0 Å². The van der Waals surface area contributed by atoms with Gasteiger partial charge in [-0.25, -0.2) is 0 Å². The molecular weight excluding hydrogens is 433 g/mol. The van der Waals surface area contributed by atoms with Crippen LogP contribution in [-0.4, -0.2) is 54.2 Å². The van der Waals surface area contributed by atoms with Gasteiger partial charge in [0.25, 0.3) is 0 Å². The summed E-state index contributed by atoms with van der Waals surface area (Å²) in [6.45, 7) is 17.3. The van der Waals surface area contributed by atoms with Crippen molar-refractivity contribution in [3.8, 4) is 0 Å². The maximum Gasteiger partial charge on any atom is 0.0677 e. The third-order valence-electron chi connectivity index (χ3n) is 5.58. The minimum absolute atomic E-state index is 0.179. The molecule has 1 unspecified atom stereocenters. The van der Waals surface area contributed by atoms with Crippen LogP contribution < -0.4 is 5.19 Å².